The maximum absolute atomic E-state index is 13.3. The van der Waals surface area contributed by atoms with Gasteiger partial charge in [-0.25, -0.2) is 0 Å². The van der Waals surface area contributed by atoms with Crippen molar-refractivity contribution in [2.24, 2.45) is 0 Å². The maximum Gasteiger partial charge on any atom is 0.256 e. The average Bonchev–Trinajstić information content (AvgIpc) is 3.45. The number of rotatable bonds is 9. The van der Waals surface area contributed by atoms with E-state index in [9.17, 15) is 9.59 Å². The van der Waals surface area contributed by atoms with Crippen LogP contribution in [0.2, 0.25) is 0 Å². The van der Waals surface area contributed by atoms with E-state index >= 15 is 0 Å². The van der Waals surface area contributed by atoms with Crippen LogP contribution in [0.25, 0.3) is 10.9 Å². The van der Waals surface area contributed by atoms with Crippen LogP contribution in [0.4, 0.5) is 0 Å². The first-order chi connectivity index (χ1) is 18.4. The maximum atomic E-state index is 13.3. The highest BCUT2D eigenvalue weighted by molar-refractivity contribution is 6.06. The van der Waals surface area contributed by atoms with Crippen molar-refractivity contribution in [3.63, 3.8) is 0 Å². The molecule has 0 bridgehead atoms. The summed E-state index contributed by atoms with van der Waals surface area (Å²) in [6.07, 6.45) is 1.55. The standard InChI is InChI=1S/C30H39N5O3/c1-21-22(2)31-29-26(21)8-5-9-27(29)30(37)35-14-12-34(13-15-35)16-17-38-25-7-4-6-23(18-25)19-33(3)20-24-10-11-28(36)32-24/h4-9,18,24,31H,10-17,19-20H2,1-3H3,(H,32,36)/t24-/m0/s1. The summed E-state index contributed by atoms with van der Waals surface area (Å²) in [6, 6.07) is 14.5. The number of para-hydroxylation sites is 1. The number of aryl methyl sites for hydroxylation is 2. The van der Waals surface area contributed by atoms with Gasteiger partial charge in [-0.15, -0.1) is 0 Å². The van der Waals surface area contributed by atoms with Crippen LogP contribution in [0.3, 0.4) is 0 Å². The predicted molar refractivity (Wildman–Crippen MR) is 150 cm³/mol. The number of amides is 2. The first kappa shape index (κ1) is 26.3. The molecule has 0 saturated carbocycles. The monoisotopic (exact) mass is 517 g/mol. The van der Waals surface area contributed by atoms with E-state index in [4.69, 9.17) is 4.74 Å². The lowest BCUT2D eigenvalue weighted by atomic mass is 10.1. The van der Waals surface area contributed by atoms with E-state index in [-0.39, 0.29) is 17.9 Å². The number of aromatic nitrogens is 1. The first-order valence-corrected chi connectivity index (χ1v) is 13.7. The second kappa shape index (κ2) is 11.6. The summed E-state index contributed by atoms with van der Waals surface area (Å²) in [5.74, 6) is 1.14. The molecule has 0 spiro atoms. The predicted octanol–water partition coefficient (Wildman–Crippen LogP) is 3.33. The molecule has 2 aromatic carbocycles. The number of H-pyrrole nitrogens is 1. The molecule has 5 rings (SSSR count). The average molecular weight is 518 g/mol. The highest BCUT2D eigenvalue weighted by atomic mass is 16.5. The summed E-state index contributed by atoms with van der Waals surface area (Å²) in [5.41, 5.74) is 5.22. The molecule has 2 N–H and O–H groups in total. The Morgan fingerprint density at radius 3 is 2.66 bits per heavy atom. The van der Waals surface area contributed by atoms with Gasteiger partial charge in [0.25, 0.3) is 5.91 Å². The Balaban J connectivity index is 1.07. The summed E-state index contributed by atoms with van der Waals surface area (Å²) in [7, 11) is 2.09. The van der Waals surface area contributed by atoms with Crippen LogP contribution < -0.4 is 10.1 Å². The van der Waals surface area contributed by atoms with Gasteiger partial charge in [0.15, 0.2) is 0 Å². The summed E-state index contributed by atoms with van der Waals surface area (Å²) in [6.45, 7) is 10.4. The molecule has 202 valence electrons. The van der Waals surface area contributed by atoms with Gasteiger partial charge in [0.05, 0.1) is 11.1 Å². The molecular weight excluding hydrogens is 478 g/mol. The number of likely N-dealkylation sites (N-methyl/N-ethyl adjacent to an activating group) is 1. The summed E-state index contributed by atoms with van der Waals surface area (Å²) >= 11 is 0. The molecule has 1 atom stereocenters. The molecule has 0 aliphatic carbocycles. The lowest BCUT2D eigenvalue weighted by molar-refractivity contribution is -0.119. The number of ether oxygens (including phenoxy) is 1. The summed E-state index contributed by atoms with van der Waals surface area (Å²) in [5, 5.41) is 4.16. The second-order valence-electron chi connectivity index (χ2n) is 10.7. The van der Waals surface area contributed by atoms with Crippen molar-refractivity contribution >= 4 is 22.7 Å². The fourth-order valence-corrected chi connectivity index (χ4v) is 5.60. The fourth-order valence-electron chi connectivity index (χ4n) is 5.60. The Kier molecular flexibility index (Phi) is 8.00. The van der Waals surface area contributed by atoms with Crippen LogP contribution >= 0.6 is 0 Å². The molecule has 3 aromatic rings. The minimum Gasteiger partial charge on any atom is -0.492 e. The number of nitrogens with zero attached hydrogens (tertiary/aromatic N) is 3. The lowest BCUT2D eigenvalue weighted by Crippen LogP contribution is -2.49. The van der Waals surface area contributed by atoms with Crippen molar-refractivity contribution in [2.45, 2.75) is 39.3 Å². The minimum absolute atomic E-state index is 0.102. The van der Waals surface area contributed by atoms with Crippen molar-refractivity contribution in [1.29, 1.82) is 0 Å². The molecular formula is C30H39N5O3. The van der Waals surface area contributed by atoms with Crippen LogP contribution in [0.1, 0.15) is 40.0 Å². The van der Waals surface area contributed by atoms with Crippen molar-refractivity contribution in [1.82, 2.24) is 25.0 Å². The number of fused-ring (bicyclic) bond motifs is 1. The van der Waals surface area contributed by atoms with E-state index in [2.05, 4.69) is 59.2 Å². The molecule has 3 heterocycles. The molecule has 8 heteroatoms. The number of carbonyl (C=O) groups is 2. The van der Waals surface area contributed by atoms with Crippen LogP contribution in [0.15, 0.2) is 42.5 Å². The Labute approximate surface area is 224 Å². The Hall–Kier alpha value is -3.36. The third-order valence-corrected chi connectivity index (χ3v) is 7.88. The van der Waals surface area contributed by atoms with Crippen LogP contribution in [-0.2, 0) is 11.3 Å². The third-order valence-electron chi connectivity index (χ3n) is 7.88. The number of nitrogens with one attached hydrogen (secondary N) is 2. The highest BCUT2D eigenvalue weighted by Gasteiger charge is 2.24. The molecule has 1 aromatic heterocycles. The summed E-state index contributed by atoms with van der Waals surface area (Å²) in [4.78, 5) is 34.7. The SMILES string of the molecule is Cc1[nH]c2c(C(=O)N3CCN(CCOc4cccc(CN(C)C[C@@H]5CCC(=O)N5)c4)CC3)cccc2c1C. The van der Waals surface area contributed by atoms with Crippen LogP contribution in [0, 0.1) is 13.8 Å². The zero-order chi connectivity index (χ0) is 26.6. The zero-order valence-electron chi connectivity index (χ0n) is 22.8. The Morgan fingerprint density at radius 2 is 1.89 bits per heavy atom. The molecule has 0 radical (unpaired) electrons. The first-order valence-electron chi connectivity index (χ1n) is 13.7. The van der Waals surface area contributed by atoms with Crippen LogP contribution in [0.5, 0.6) is 5.75 Å². The number of aromatic amines is 1. The van der Waals surface area contributed by atoms with Crippen molar-refractivity contribution < 1.29 is 14.3 Å². The fraction of sp³-hybridized carbons (Fsp3) is 0.467. The minimum atomic E-state index is 0.102. The lowest BCUT2D eigenvalue weighted by Gasteiger charge is -2.34. The number of hydrogen-bond acceptors (Lipinski definition) is 5. The third kappa shape index (κ3) is 6.03. The molecule has 8 nitrogen and oxygen atoms in total. The molecule has 38 heavy (non-hydrogen) atoms. The van der Waals surface area contributed by atoms with Gasteiger partial charge in [0, 0.05) is 69.4 Å². The van der Waals surface area contributed by atoms with Gasteiger partial charge in [-0.1, -0.05) is 24.3 Å². The van der Waals surface area contributed by atoms with Crippen molar-refractivity contribution in [2.75, 3.05) is 52.9 Å². The van der Waals surface area contributed by atoms with Gasteiger partial charge in [0.2, 0.25) is 5.91 Å². The zero-order valence-corrected chi connectivity index (χ0v) is 22.8. The van der Waals surface area contributed by atoms with Crippen molar-refractivity contribution in [3.05, 3.63) is 64.8 Å². The topological polar surface area (TPSA) is 80.9 Å². The van der Waals surface area contributed by atoms with Gasteiger partial charge in [0.1, 0.15) is 12.4 Å². The van der Waals surface area contributed by atoms with E-state index < -0.39 is 0 Å². The second-order valence-corrected chi connectivity index (χ2v) is 10.7. The summed E-state index contributed by atoms with van der Waals surface area (Å²) < 4.78 is 6.08. The normalized spacial score (nSPS) is 18.4. The van der Waals surface area contributed by atoms with Gasteiger partial charge >= 0.3 is 0 Å². The van der Waals surface area contributed by atoms with Gasteiger partial charge < -0.3 is 24.8 Å². The molecule has 2 saturated heterocycles. The van der Waals surface area contributed by atoms with Crippen molar-refractivity contribution in [3.8, 4) is 5.75 Å². The van der Waals surface area contributed by atoms with Gasteiger partial charge in [-0.05, 0) is 56.6 Å². The molecule has 2 fully saturated rings. The molecule has 2 aliphatic rings. The number of carbonyl (C=O) groups excluding carboxylic acids is 2. The highest BCUT2D eigenvalue weighted by Crippen LogP contribution is 2.25. The molecule has 0 unspecified atom stereocenters. The molecule has 2 aliphatic heterocycles. The van der Waals surface area contributed by atoms with Gasteiger partial charge in [-0.3, -0.25) is 14.5 Å². The van der Waals surface area contributed by atoms with E-state index in [1.54, 1.807) is 0 Å². The smallest absolute Gasteiger partial charge is 0.256 e. The van der Waals surface area contributed by atoms with Gasteiger partial charge in [-0.2, -0.15) is 0 Å². The van der Waals surface area contributed by atoms with E-state index in [1.165, 1.54) is 11.1 Å². The largest absolute Gasteiger partial charge is 0.492 e. The molecule has 2 amide bonds. The van der Waals surface area contributed by atoms with E-state index in [1.807, 2.05) is 29.2 Å². The Bertz CT molecular complexity index is 1290. The number of benzene rings is 2. The number of hydrogen-bond donors (Lipinski definition) is 2. The quantitative estimate of drug-likeness (QED) is 0.455. The van der Waals surface area contributed by atoms with E-state index in [0.717, 1.165) is 80.1 Å². The van der Waals surface area contributed by atoms with E-state index in [0.29, 0.717) is 13.0 Å². The number of piperazine rings is 1. The van der Waals surface area contributed by atoms with Crippen LogP contribution in [-0.4, -0.2) is 90.5 Å². The Morgan fingerprint density at radius 1 is 1.11 bits per heavy atom.